The predicted molar refractivity (Wildman–Crippen MR) is 214 cm³/mol. The number of sulfonamides is 1. The minimum absolute atomic E-state index is 0.0119. The summed E-state index contributed by atoms with van der Waals surface area (Å²) in [7, 11) is -4.32. The van der Waals surface area contributed by atoms with Gasteiger partial charge in [0.1, 0.15) is 4.90 Å². The highest BCUT2D eigenvalue weighted by atomic mass is 79.9. The Balaban J connectivity index is 1.42. The van der Waals surface area contributed by atoms with Crippen molar-refractivity contribution in [2.24, 2.45) is 0 Å². The summed E-state index contributed by atoms with van der Waals surface area (Å²) < 4.78 is 30.9. The number of carbonyl (C=O) groups is 3. The van der Waals surface area contributed by atoms with Crippen LogP contribution in [0.25, 0.3) is 5.69 Å². The fraction of sp³-hybridized carbons (Fsp3) is 0.400. The molecule has 286 valence electrons. The summed E-state index contributed by atoms with van der Waals surface area (Å²) in [5.74, 6) is -1.43. The molecule has 0 spiro atoms. The highest BCUT2D eigenvalue weighted by Crippen LogP contribution is 2.35. The maximum absolute atomic E-state index is 14.6. The number of anilines is 1. The molecule has 3 amide bonds. The van der Waals surface area contributed by atoms with E-state index in [1.165, 1.54) is 16.8 Å². The first-order valence-electron chi connectivity index (χ1n) is 18.6. The van der Waals surface area contributed by atoms with E-state index in [1.54, 1.807) is 41.8 Å². The van der Waals surface area contributed by atoms with E-state index in [-0.39, 0.29) is 45.1 Å². The van der Waals surface area contributed by atoms with E-state index >= 15 is 0 Å². The number of nitrogens with one attached hydrogen (secondary N) is 1. The number of amides is 3. The first-order valence-corrected chi connectivity index (χ1v) is 21.2. The van der Waals surface area contributed by atoms with Gasteiger partial charge in [-0.2, -0.15) is 5.10 Å². The van der Waals surface area contributed by atoms with Crippen molar-refractivity contribution >= 4 is 61.0 Å². The van der Waals surface area contributed by atoms with E-state index in [9.17, 15) is 22.8 Å². The number of halogens is 2. The van der Waals surface area contributed by atoms with E-state index in [0.717, 1.165) is 53.1 Å². The van der Waals surface area contributed by atoms with Crippen LogP contribution in [-0.2, 0) is 29.4 Å². The van der Waals surface area contributed by atoms with Gasteiger partial charge in [-0.25, -0.2) is 17.4 Å². The van der Waals surface area contributed by atoms with Crippen LogP contribution in [0.1, 0.15) is 100 Å². The third kappa shape index (κ3) is 7.67. The van der Waals surface area contributed by atoms with Crippen LogP contribution in [0.15, 0.2) is 64.0 Å². The molecule has 3 aromatic carbocycles. The standard InChI is InChI=1S/C40H46BrClN6O5S/c1-5-8-19-45(20-9-6-2)40(51)37-36(42)26(4)48(44-37)34-15-14-29(22-31(34)39(50)46-21-17-27-12-10-11-13-30(27)25-46)38(49)47(7-3)54(52,53)35-24-33-28(16-18-43-33)23-32(35)41/h10-15,22-24,43H,5-9,16-21,25H2,1-4H3. The first kappa shape index (κ1) is 39.5. The third-order valence-electron chi connectivity index (χ3n) is 10.2. The smallest absolute Gasteiger partial charge is 0.275 e. The molecular weight excluding hydrogens is 792 g/mol. The van der Waals surface area contributed by atoms with Gasteiger partial charge in [-0.05, 0) is 102 Å². The lowest BCUT2D eigenvalue weighted by atomic mass is 9.98. The Kier molecular flexibility index (Phi) is 12.2. The van der Waals surface area contributed by atoms with Gasteiger partial charge >= 0.3 is 0 Å². The quantitative estimate of drug-likeness (QED) is 0.147. The molecule has 54 heavy (non-hydrogen) atoms. The second-order valence-electron chi connectivity index (χ2n) is 13.7. The topological polar surface area (TPSA) is 125 Å². The number of hydrogen-bond acceptors (Lipinski definition) is 7. The number of carbonyl (C=O) groups excluding carboxylic acids is 3. The lowest BCUT2D eigenvalue weighted by Gasteiger charge is -2.30. The van der Waals surface area contributed by atoms with Crippen molar-refractivity contribution < 1.29 is 22.8 Å². The van der Waals surface area contributed by atoms with Crippen LogP contribution < -0.4 is 5.32 Å². The maximum Gasteiger partial charge on any atom is 0.275 e. The van der Waals surface area contributed by atoms with E-state index in [4.69, 9.17) is 16.7 Å². The number of hydrogen-bond donors (Lipinski definition) is 1. The van der Waals surface area contributed by atoms with Crippen molar-refractivity contribution in [2.75, 3.05) is 38.0 Å². The Morgan fingerprint density at radius 2 is 1.63 bits per heavy atom. The molecule has 0 aliphatic carbocycles. The van der Waals surface area contributed by atoms with Crippen molar-refractivity contribution in [3.8, 4) is 5.69 Å². The molecule has 1 N–H and O–H groups in total. The number of nitrogens with zero attached hydrogens (tertiary/aromatic N) is 5. The molecule has 0 unspecified atom stereocenters. The Morgan fingerprint density at radius 1 is 0.926 bits per heavy atom. The second-order valence-corrected chi connectivity index (χ2v) is 16.8. The van der Waals surface area contributed by atoms with Crippen molar-refractivity contribution in [1.29, 1.82) is 0 Å². The Hall–Kier alpha value is -4.20. The van der Waals surface area contributed by atoms with Crippen LogP contribution in [0.3, 0.4) is 0 Å². The molecular formula is C40H46BrClN6O5S. The molecule has 0 saturated carbocycles. The first-order chi connectivity index (χ1) is 25.9. The average Bonchev–Trinajstić information content (AvgIpc) is 3.76. The van der Waals surface area contributed by atoms with Gasteiger partial charge in [-0.15, -0.1) is 0 Å². The number of benzene rings is 3. The normalized spacial score (nSPS) is 13.6. The predicted octanol–water partition coefficient (Wildman–Crippen LogP) is 7.66. The number of rotatable bonds is 13. The fourth-order valence-corrected chi connectivity index (χ4v) is 9.74. The largest absolute Gasteiger partial charge is 0.384 e. The second kappa shape index (κ2) is 16.7. The van der Waals surface area contributed by atoms with Crippen LogP contribution in [-0.4, -0.2) is 82.7 Å². The Labute approximate surface area is 330 Å². The highest BCUT2D eigenvalue weighted by Gasteiger charge is 2.34. The zero-order valence-corrected chi connectivity index (χ0v) is 34.3. The molecule has 2 aliphatic heterocycles. The van der Waals surface area contributed by atoms with Crippen LogP contribution in [0, 0.1) is 6.92 Å². The summed E-state index contributed by atoms with van der Waals surface area (Å²) in [6.07, 6.45) is 4.94. The number of unbranched alkanes of at least 4 members (excludes halogenated alkanes) is 2. The summed E-state index contributed by atoms with van der Waals surface area (Å²) in [5.41, 5.74) is 4.89. The van der Waals surface area contributed by atoms with Crippen molar-refractivity contribution in [3.05, 3.63) is 103 Å². The van der Waals surface area contributed by atoms with Gasteiger partial charge in [0.25, 0.3) is 27.7 Å². The van der Waals surface area contributed by atoms with E-state index in [2.05, 4.69) is 41.2 Å². The summed E-state index contributed by atoms with van der Waals surface area (Å²) in [5, 5.41) is 8.09. The molecule has 6 rings (SSSR count). The van der Waals surface area contributed by atoms with Crippen LogP contribution in [0.5, 0.6) is 0 Å². The summed E-state index contributed by atoms with van der Waals surface area (Å²) in [6, 6.07) is 15.8. The monoisotopic (exact) mass is 836 g/mol. The summed E-state index contributed by atoms with van der Waals surface area (Å²) >= 11 is 10.3. The lowest BCUT2D eigenvalue weighted by molar-refractivity contribution is 0.0732. The molecule has 0 bridgehead atoms. The maximum atomic E-state index is 14.6. The molecule has 14 heteroatoms. The van der Waals surface area contributed by atoms with Gasteiger partial charge in [0.15, 0.2) is 5.69 Å². The molecule has 0 saturated heterocycles. The minimum Gasteiger partial charge on any atom is -0.384 e. The van der Waals surface area contributed by atoms with Crippen molar-refractivity contribution in [1.82, 2.24) is 23.9 Å². The minimum atomic E-state index is -4.32. The Morgan fingerprint density at radius 3 is 2.31 bits per heavy atom. The molecule has 4 aromatic rings. The zero-order chi connectivity index (χ0) is 38.7. The van der Waals surface area contributed by atoms with Gasteiger partial charge in [0.2, 0.25) is 0 Å². The van der Waals surface area contributed by atoms with E-state index < -0.39 is 15.9 Å². The molecule has 1 aromatic heterocycles. The lowest BCUT2D eigenvalue weighted by Crippen LogP contribution is -2.38. The molecule has 3 heterocycles. The molecule has 2 aliphatic rings. The SMILES string of the molecule is CCCCN(CCCC)C(=O)c1nn(-c2ccc(C(=O)N(CC)S(=O)(=O)c3cc4c(cc3Br)CCN4)cc2C(=O)N2CCc3ccccc3C2)c(C)c1Cl. The van der Waals surface area contributed by atoms with Crippen LogP contribution in [0.4, 0.5) is 5.69 Å². The van der Waals surface area contributed by atoms with Gasteiger partial charge in [-0.3, -0.25) is 14.4 Å². The summed E-state index contributed by atoms with van der Waals surface area (Å²) in [4.78, 5) is 46.2. The highest BCUT2D eigenvalue weighted by molar-refractivity contribution is 9.10. The van der Waals surface area contributed by atoms with Crippen molar-refractivity contribution in [2.45, 2.75) is 77.7 Å². The van der Waals surface area contributed by atoms with Gasteiger partial charge in [0.05, 0.1) is 22.0 Å². The van der Waals surface area contributed by atoms with Crippen LogP contribution >= 0.6 is 27.5 Å². The average molecular weight is 838 g/mol. The number of aromatic nitrogens is 2. The Bertz CT molecular complexity index is 2200. The zero-order valence-electron chi connectivity index (χ0n) is 31.1. The van der Waals surface area contributed by atoms with E-state index in [1.807, 2.05) is 18.2 Å². The molecule has 11 nitrogen and oxygen atoms in total. The third-order valence-corrected chi connectivity index (χ3v) is 13.4. The molecule has 0 fully saturated rings. The van der Waals surface area contributed by atoms with Crippen molar-refractivity contribution in [3.63, 3.8) is 0 Å². The van der Waals surface area contributed by atoms with E-state index in [0.29, 0.717) is 60.7 Å². The van der Waals surface area contributed by atoms with Crippen LogP contribution in [0.2, 0.25) is 5.02 Å². The molecule has 0 radical (unpaired) electrons. The fourth-order valence-electron chi connectivity index (χ4n) is 7.06. The number of fused-ring (bicyclic) bond motifs is 2. The van der Waals surface area contributed by atoms with Gasteiger partial charge in [-0.1, -0.05) is 62.6 Å². The molecule has 0 atom stereocenters. The summed E-state index contributed by atoms with van der Waals surface area (Å²) in [6.45, 7) is 9.96. The van der Waals surface area contributed by atoms with Gasteiger partial charge < -0.3 is 15.1 Å². The van der Waals surface area contributed by atoms with Gasteiger partial charge in [0, 0.05) is 55.0 Å².